The third-order valence-corrected chi connectivity index (χ3v) is 13.8. The number of nitrogens with zero attached hydrogens (tertiary/aromatic N) is 2. The molecular formula is C52H58Cl2N8O8. The molecule has 0 radical (unpaired) electrons. The summed E-state index contributed by atoms with van der Waals surface area (Å²) in [5.74, 6) is -2.30. The van der Waals surface area contributed by atoms with E-state index in [0.717, 1.165) is 16.7 Å². The smallest absolute Gasteiger partial charge is 0.326 e. The van der Waals surface area contributed by atoms with Crippen LogP contribution < -0.4 is 41.4 Å². The Balaban J connectivity index is 1.14. The highest BCUT2D eigenvalue weighted by Crippen LogP contribution is 2.48. The van der Waals surface area contributed by atoms with E-state index in [1.165, 1.54) is 6.92 Å². The average Bonchev–Trinajstić information content (AvgIpc) is 4.18. The van der Waals surface area contributed by atoms with Crippen molar-refractivity contribution in [3.63, 3.8) is 0 Å². The number of hydrogen-bond donors (Lipinski definition) is 7. The molecule has 0 unspecified atom stereocenters. The lowest BCUT2D eigenvalue weighted by molar-refractivity contribution is -0.139. The number of anilines is 2. The van der Waals surface area contributed by atoms with Crippen LogP contribution in [0.3, 0.4) is 0 Å². The lowest BCUT2D eigenvalue weighted by atomic mass is 9.98. The monoisotopic (exact) mass is 992 g/mol. The molecule has 0 saturated carbocycles. The number of carbonyl (C=O) groups excluding carboxylic acids is 4. The predicted molar refractivity (Wildman–Crippen MR) is 271 cm³/mol. The highest BCUT2D eigenvalue weighted by atomic mass is 35.5. The van der Waals surface area contributed by atoms with E-state index in [0.29, 0.717) is 95.6 Å². The number of fused-ring (bicyclic) bond motifs is 6. The molecule has 6 aromatic rings. The van der Waals surface area contributed by atoms with E-state index in [9.17, 15) is 24.3 Å². The number of carboxylic acid groups (broad SMARTS) is 1. The number of aliphatic carboxylic acids is 1. The summed E-state index contributed by atoms with van der Waals surface area (Å²) in [7, 11) is 0. The van der Waals surface area contributed by atoms with Crippen LogP contribution in [0.1, 0.15) is 101 Å². The van der Waals surface area contributed by atoms with Crippen molar-refractivity contribution in [2.45, 2.75) is 82.6 Å². The molecular weight excluding hydrogens is 936 g/mol. The number of carbonyl (C=O) groups is 5. The Labute approximate surface area is 415 Å². The molecule has 4 aromatic carbocycles. The van der Waals surface area contributed by atoms with Crippen molar-refractivity contribution >= 4 is 86.0 Å². The highest BCUT2D eigenvalue weighted by Gasteiger charge is 2.40. The number of amides is 4. The van der Waals surface area contributed by atoms with E-state index >= 15 is 4.79 Å². The maximum Gasteiger partial charge on any atom is 0.326 e. The van der Waals surface area contributed by atoms with Crippen molar-refractivity contribution in [1.82, 2.24) is 20.6 Å². The Hall–Kier alpha value is -6.59. The van der Waals surface area contributed by atoms with Crippen molar-refractivity contribution in [1.29, 1.82) is 0 Å². The number of hydrogen-bond acceptors (Lipinski definition) is 9. The Bertz CT molecular complexity index is 2870. The third-order valence-electron chi connectivity index (χ3n) is 13.1. The number of ether oxygens (including phenoxy) is 2. The maximum absolute atomic E-state index is 15.1. The molecule has 2 aliphatic rings. The van der Waals surface area contributed by atoms with Crippen LogP contribution in [-0.2, 0) is 27.6 Å². The summed E-state index contributed by atoms with van der Waals surface area (Å²) < 4.78 is 12.8. The van der Waals surface area contributed by atoms with Gasteiger partial charge in [-0.2, -0.15) is 0 Å². The molecule has 9 N–H and O–H groups in total. The summed E-state index contributed by atoms with van der Waals surface area (Å²) in [6.07, 6.45) is 2.75. The van der Waals surface area contributed by atoms with Gasteiger partial charge in [-0.1, -0.05) is 60.7 Å². The molecule has 70 heavy (non-hydrogen) atoms. The number of carboxylic acids is 1. The standard InChI is InChI=1S/C52H58Cl2N8O8/c1-30(63)61-26-33(24-53)45-35-20-39(57-47(35)43(22-41(45)61)69-28-31-12-4-2-5-13-31)49(64)59-37(16-8-10-18-55)51(66)62-27-34(25-54)46-36-21-40(50(65)60-38(52(67)68)17-9-11-19-56)58-48(36)44(23-42(46)62)70-29-32-14-6-3-7-15-32/h2-7,12-15,20-23,33-34,37-38,57-58H,8-11,16-19,24-29,55-56H2,1H3,(H,59,64)(H,60,65)(H,67,68)/t33-,34-,37+,38+/m1/s1. The van der Waals surface area contributed by atoms with Gasteiger partial charge >= 0.3 is 5.97 Å². The summed E-state index contributed by atoms with van der Waals surface area (Å²) in [4.78, 5) is 78.3. The van der Waals surface area contributed by atoms with Crippen LogP contribution in [0.2, 0.25) is 0 Å². The quantitative estimate of drug-likeness (QED) is 0.0263. The van der Waals surface area contributed by atoms with Crippen molar-refractivity contribution in [2.75, 3.05) is 47.7 Å². The van der Waals surface area contributed by atoms with Crippen molar-refractivity contribution in [3.05, 3.63) is 119 Å². The topological polar surface area (TPSA) is 238 Å². The number of unbranched alkanes of at least 4 members (excludes halogenated alkanes) is 2. The zero-order chi connectivity index (χ0) is 49.5. The van der Waals surface area contributed by atoms with Crippen LogP contribution in [0.4, 0.5) is 11.4 Å². The van der Waals surface area contributed by atoms with Gasteiger partial charge in [-0.3, -0.25) is 19.2 Å². The summed E-state index contributed by atoms with van der Waals surface area (Å²) >= 11 is 13.2. The average molecular weight is 994 g/mol. The number of alkyl halides is 2. The first-order valence-electron chi connectivity index (χ1n) is 23.6. The summed E-state index contributed by atoms with van der Waals surface area (Å²) in [6.45, 7) is 3.22. The molecule has 0 bridgehead atoms. The largest absolute Gasteiger partial charge is 0.487 e. The number of aromatic amines is 2. The molecule has 368 valence electrons. The number of nitrogens with two attached hydrogens (primary N) is 2. The van der Waals surface area contributed by atoms with Crippen LogP contribution >= 0.6 is 23.2 Å². The first-order valence-corrected chi connectivity index (χ1v) is 24.7. The van der Waals surface area contributed by atoms with Crippen LogP contribution in [-0.4, -0.2) is 94.7 Å². The lowest BCUT2D eigenvalue weighted by Crippen LogP contribution is -2.48. The Morgan fingerprint density at radius 2 is 1.11 bits per heavy atom. The van der Waals surface area contributed by atoms with Gasteiger partial charge in [0.15, 0.2) is 0 Å². The van der Waals surface area contributed by atoms with Crippen LogP contribution in [0.15, 0.2) is 84.9 Å². The normalized spacial score (nSPS) is 16.0. The van der Waals surface area contributed by atoms with Gasteiger partial charge in [-0.15, -0.1) is 23.2 Å². The van der Waals surface area contributed by atoms with E-state index < -0.39 is 35.8 Å². The number of rotatable bonds is 22. The lowest BCUT2D eigenvalue weighted by Gasteiger charge is -2.25. The molecule has 0 saturated heterocycles. The van der Waals surface area contributed by atoms with E-state index in [2.05, 4.69) is 20.6 Å². The SMILES string of the molecule is CC(=O)N1C[C@@H](CCl)c2c1cc(OCc1ccccc1)c1[nH]c(C(=O)N[C@@H](CCCCN)C(=O)N3C[C@@H](CCl)c4c3cc(OCc3ccccc3)c3[nH]c(C(=O)N[C@@H](CCCCN)C(=O)O)cc43)cc21. The second-order valence-electron chi connectivity index (χ2n) is 17.8. The third kappa shape index (κ3) is 10.6. The minimum Gasteiger partial charge on any atom is -0.487 e. The van der Waals surface area contributed by atoms with Crippen molar-refractivity contribution in [2.24, 2.45) is 11.5 Å². The zero-order valence-electron chi connectivity index (χ0n) is 38.9. The van der Waals surface area contributed by atoms with Gasteiger partial charge in [0.05, 0.1) is 22.4 Å². The van der Waals surface area contributed by atoms with Crippen LogP contribution in [0.5, 0.6) is 11.5 Å². The number of halogens is 2. The van der Waals surface area contributed by atoms with Gasteiger partial charge < -0.3 is 56.4 Å². The minimum atomic E-state index is -1.16. The first kappa shape index (κ1) is 49.8. The second kappa shape index (κ2) is 22.4. The molecule has 0 fully saturated rings. The molecule has 2 aromatic heterocycles. The summed E-state index contributed by atoms with van der Waals surface area (Å²) in [5.41, 5.74) is 17.4. The van der Waals surface area contributed by atoms with Gasteiger partial charge in [-0.25, -0.2) is 4.79 Å². The Morgan fingerprint density at radius 1 is 0.671 bits per heavy atom. The number of nitrogens with one attached hydrogen (secondary N) is 4. The fourth-order valence-corrected chi connectivity index (χ4v) is 10.0. The molecule has 4 atom stereocenters. The number of H-pyrrole nitrogens is 2. The Kier molecular flexibility index (Phi) is 16.0. The van der Waals surface area contributed by atoms with Gasteiger partial charge in [-0.05, 0) is 86.0 Å². The highest BCUT2D eigenvalue weighted by molar-refractivity contribution is 6.20. The zero-order valence-corrected chi connectivity index (χ0v) is 40.4. The van der Waals surface area contributed by atoms with Gasteiger partial charge in [0.25, 0.3) is 11.8 Å². The Morgan fingerprint density at radius 3 is 1.56 bits per heavy atom. The van der Waals surface area contributed by atoms with Crippen LogP contribution in [0, 0.1) is 0 Å². The minimum absolute atomic E-state index is 0.104. The second-order valence-corrected chi connectivity index (χ2v) is 18.5. The fraction of sp³-hybridized carbons (Fsp3) is 0.365. The summed E-state index contributed by atoms with van der Waals surface area (Å²) in [5, 5.41) is 16.9. The van der Waals surface area contributed by atoms with E-state index in [1.807, 2.05) is 66.7 Å². The van der Waals surface area contributed by atoms with Crippen LogP contribution in [0.25, 0.3) is 21.8 Å². The molecule has 8 rings (SSSR count). The van der Waals surface area contributed by atoms with Gasteiger partial charge in [0, 0.05) is 66.5 Å². The predicted octanol–water partition coefficient (Wildman–Crippen LogP) is 7.40. The number of aromatic nitrogens is 2. The molecule has 18 heteroatoms. The number of benzene rings is 4. The molecule has 4 heterocycles. The maximum atomic E-state index is 15.1. The molecule has 4 amide bonds. The molecule has 16 nitrogen and oxygen atoms in total. The molecule has 2 aliphatic heterocycles. The van der Waals surface area contributed by atoms with Gasteiger partial charge in [0.2, 0.25) is 11.8 Å². The van der Waals surface area contributed by atoms with Crippen molar-refractivity contribution < 1.29 is 38.6 Å². The van der Waals surface area contributed by atoms with E-state index in [4.69, 9.17) is 44.1 Å². The summed E-state index contributed by atoms with van der Waals surface area (Å²) in [6, 6.07) is 23.9. The first-order chi connectivity index (χ1) is 33.9. The molecule has 0 aliphatic carbocycles. The van der Waals surface area contributed by atoms with E-state index in [1.54, 1.807) is 28.0 Å². The van der Waals surface area contributed by atoms with E-state index in [-0.39, 0.29) is 73.5 Å². The molecule has 0 spiro atoms. The van der Waals surface area contributed by atoms with Gasteiger partial charge in [0.1, 0.15) is 48.2 Å². The van der Waals surface area contributed by atoms with Crippen molar-refractivity contribution in [3.8, 4) is 11.5 Å². The fourth-order valence-electron chi connectivity index (χ4n) is 9.53.